The second kappa shape index (κ2) is 7.57. The van der Waals surface area contributed by atoms with Crippen molar-refractivity contribution in [1.29, 1.82) is 0 Å². The number of hydrogen-bond donors (Lipinski definition) is 1. The van der Waals surface area contributed by atoms with E-state index in [2.05, 4.69) is 5.32 Å². The molecule has 1 aliphatic heterocycles. The largest absolute Gasteiger partial charge is 0.317 e. The minimum absolute atomic E-state index is 0.138. The minimum Gasteiger partial charge on any atom is -0.317 e. The number of rotatable bonds is 6. The lowest BCUT2D eigenvalue weighted by molar-refractivity contribution is -0.387. The van der Waals surface area contributed by atoms with E-state index in [1.54, 1.807) is 0 Å². The molecule has 0 unspecified atom stereocenters. The average Bonchev–Trinajstić information content (AvgIpc) is 2.52. The first kappa shape index (κ1) is 18.1. The summed E-state index contributed by atoms with van der Waals surface area (Å²) in [5, 5.41) is 14.6. The third kappa shape index (κ3) is 4.00. The summed E-state index contributed by atoms with van der Waals surface area (Å²) in [4.78, 5) is 10.2. The molecule has 23 heavy (non-hydrogen) atoms. The van der Waals surface area contributed by atoms with Gasteiger partial charge in [-0.25, -0.2) is 8.42 Å². The zero-order valence-corrected chi connectivity index (χ0v) is 14.4. The van der Waals surface area contributed by atoms with Crippen molar-refractivity contribution >= 4 is 27.3 Å². The molecule has 1 saturated heterocycles. The highest BCUT2D eigenvalue weighted by atomic mass is 35.5. The van der Waals surface area contributed by atoms with Crippen LogP contribution < -0.4 is 5.32 Å². The summed E-state index contributed by atoms with van der Waals surface area (Å²) in [6.45, 7) is 3.71. The second-order valence-corrected chi connectivity index (χ2v) is 7.76. The van der Waals surface area contributed by atoms with Crippen LogP contribution in [0.25, 0.3) is 0 Å². The topological polar surface area (TPSA) is 92.6 Å². The quantitative estimate of drug-likeness (QED) is 0.620. The predicted molar refractivity (Wildman–Crippen MR) is 88.2 cm³/mol. The van der Waals surface area contributed by atoms with E-state index in [9.17, 15) is 18.5 Å². The van der Waals surface area contributed by atoms with Crippen molar-refractivity contribution in [3.63, 3.8) is 0 Å². The van der Waals surface area contributed by atoms with E-state index >= 15 is 0 Å². The van der Waals surface area contributed by atoms with Gasteiger partial charge in [0.25, 0.3) is 5.69 Å². The van der Waals surface area contributed by atoms with Gasteiger partial charge < -0.3 is 5.32 Å². The molecule has 7 nitrogen and oxygen atoms in total. The number of hydrogen-bond acceptors (Lipinski definition) is 5. The Morgan fingerprint density at radius 3 is 2.61 bits per heavy atom. The van der Waals surface area contributed by atoms with Gasteiger partial charge in [-0.2, -0.15) is 4.31 Å². The van der Waals surface area contributed by atoms with Gasteiger partial charge in [-0.15, -0.1) is 0 Å². The van der Waals surface area contributed by atoms with Crippen LogP contribution in [0, 0.1) is 10.1 Å². The lowest BCUT2D eigenvalue weighted by Crippen LogP contribution is -2.46. The summed E-state index contributed by atoms with van der Waals surface area (Å²) in [5.41, 5.74) is -0.479. The number of piperidine rings is 1. The molecule has 9 heteroatoms. The van der Waals surface area contributed by atoms with E-state index in [4.69, 9.17) is 11.6 Å². The Morgan fingerprint density at radius 1 is 1.39 bits per heavy atom. The van der Waals surface area contributed by atoms with E-state index in [-0.39, 0.29) is 16.0 Å². The molecule has 1 fully saturated rings. The molecular weight excluding hydrogens is 342 g/mol. The lowest BCUT2D eigenvalue weighted by atomic mass is 10.1. The van der Waals surface area contributed by atoms with Gasteiger partial charge in [-0.1, -0.05) is 18.5 Å². The molecule has 1 N–H and O–H groups in total. The zero-order valence-electron chi connectivity index (χ0n) is 12.9. The molecule has 1 aromatic rings. The van der Waals surface area contributed by atoms with Crippen molar-refractivity contribution in [2.45, 2.75) is 37.1 Å². The van der Waals surface area contributed by atoms with Crippen molar-refractivity contribution in [2.75, 3.05) is 19.6 Å². The first-order chi connectivity index (χ1) is 10.9. The maximum absolute atomic E-state index is 13.0. The monoisotopic (exact) mass is 361 g/mol. The maximum Gasteiger partial charge on any atom is 0.290 e. The smallest absolute Gasteiger partial charge is 0.290 e. The molecule has 1 aromatic carbocycles. The Hall–Kier alpha value is -1.22. The summed E-state index contributed by atoms with van der Waals surface area (Å²) in [6, 6.07) is 3.53. The number of nitrogens with one attached hydrogen (secondary N) is 1. The van der Waals surface area contributed by atoms with E-state index in [1.165, 1.54) is 16.4 Å². The van der Waals surface area contributed by atoms with Crippen molar-refractivity contribution in [2.24, 2.45) is 0 Å². The number of halogens is 1. The molecule has 0 spiro atoms. The third-order valence-corrected chi connectivity index (χ3v) is 6.10. The Balaban J connectivity index is 2.47. The summed E-state index contributed by atoms with van der Waals surface area (Å²) in [5.74, 6) is 0. The lowest BCUT2D eigenvalue weighted by Gasteiger charge is -2.33. The van der Waals surface area contributed by atoms with Crippen LogP contribution in [0.1, 0.15) is 26.2 Å². The molecule has 2 rings (SSSR count). The highest BCUT2D eigenvalue weighted by molar-refractivity contribution is 7.89. The van der Waals surface area contributed by atoms with Gasteiger partial charge in [0, 0.05) is 23.7 Å². The number of nitro benzene ring substituents is 1. The molecule has 0 radical (unpaired) electrons. The first-order valence-corrected chi connectivity index (χ1v) is 9.36. The van der Waals surface area contributed by atoms with Crippen LogP contribution in [0.4, 0.5) is 5.69 Å². The van der Waals surface area contributed by atoms with Crippen molar-refractivity contribution < 1.29 is 13.3 Å². The van der Waals surface area contributed by atoms with Crippen LogP contribution in [-0.2, 0) is 10.0 Å². The van der Waals surface area contributed by atoms with Gasteiger partial charge in [0.15, 0.2) is 4.90 Å². The fraction of sp³-hybridized carbons (Fsp3) is 0.571. The van der Waals surface area contributed by atoms with E-state index in [1.807, 2.05) is 6.92 Å². The molecular formula is C14H20ClN3O4S. The molecule has 128 valence electrons. The van der Waals surface area contributed by atoms with Crippen molar-refractivity contribution in [3.05, 3.63) is 33.3 Å². The zero-order chi connectivity index (χ0) is 17.0. The molecule has 0 bridgehead atoms. The Kier molecular flexibility index (Phi) is 5.96. The predicted octanol–water partition coefficient (Wildman–Crippen LogP) is 2.40. The van der Waals surface area contributed by atoms with E-state index in [0.29, 0.717) is 25.8 Å². The van der Waals surface area contributed by atoms with Gasteiger partial charge in [0.05, 0.1) is 4.92 Å². The highest BCUT2D eigenvalue weighted by Crippen LogP contribution is 2.31. The van der Waals surface area contributed by atoms with E-state index in [0.717, 1.165) is 19.2 Å². The summed E-state index contributed by atoms with van der Waals surface area (Å²) < 4.78 is 27.4. The van der Waals surface area contributed by atoms with Crippen molar-refractivity contribution in [1.82, 2.24) is 9.62 Å². The van der Waals surface area contributed by atoms with Crippen LogP contribution in [0.2, 0.25) is 5.02 Å². The third-order valence-electron chi connectivity index (χ3n) is 3.86. The maximum atomic E-state index is 13.0. The molecule has 0 aromatic heterocycles. The fourth-order valence-electron chi connectivity index (χ4n) is 2.79. The van der Waals surface area contributed by atoms with Crippen LogP contribution in [0.15, 0.2) is 23.1 Å². The summed E-state index contributed by atoms with van der Waals surface area (Å²) >= 11 is 5.78. The van der Waals surface area contributed by atoms with Crippen LogP contribution in [0.5, 0.6) is 0 Å². The van der Waals surface area contributed by atoms with Crippen LogP contribution >= 0.6 is 11.6 Å². The number of nitro groups is 1. The van der Waals surface area contributed by atoms with Gasteiger partial charge >= 0.3 is 0 Å². The summed E-state index contributed by atoms with van der Waals surface area (Å²) in [6.07, 6.45) is 2.03. The number of benzene rings is 1. The Bertz CT molecular complexity index is 675. The fourth-order valence-corrected chi connectivity index (χ4v) is 4.87. The van der Waals surface area contributed by atoms with Gasteiger partial charge in [-0.05, 0) is 44.5 Å². The van der Waals surface area contributed by atoms with Gasteiger partial charge in [0.1, 0.15) is 0 Å². The minimum atomic E-state index is -3.95. The highest BCUT2D eigenvalue weighted by Gasteiger charge is 2.36. The Labute approximate surface area is 140 Å². The van der Waals surface area contributed by atoms with Crippen LogP contribution in [-0.4, -0.2) is 43.3 Å². The molecule has 0 aliphatic carbocycles. The SMILES string of the molecule is CCCN(C1CCNCC1)S(=O)(=O)c1ccc(Cl)cc1[N+](=O)[O-]. The van der Waals surface area contributed by atoms with E-state index < -0.39 is 20.6 Å². The van der Waals surface area contributed by atoms with Crippen LogP contribution in [0.3, 0.4) is 0 Å². The molecule has 1 heterocycles. The molecule has 1 aliphatic rings. The normalized spacial score (nSPS) is 16.7. The molecule has 0 atom stereocenters. The van der Waals surface area contributed by atoms with Gasteiger partial charge in [-0.3, -0.25) is 10.1 Å². The standard InChI is InChI=1S/C14H20ClN3O4S/c1-2-9-17(12-5-7-16-8-6-12)23(21,22)14-4-3-11(15)10-13(14)18(19)20/h3-4,10,12,16H,2,5-9H2,1H3. The average molecular weight is 362 g/mol. The van der Waals surface area contributed by atoms with Crippen molar-refractivity contribution in [3.8, 4) is 0 Å². The number of nitrogens with zero attached hydrogens (tertiary/aromatic N) is 2. The first-order valence-electron chi connectivity index (χ1n) is 7.54. The van der Waals surface area contributed by atoms with Gasteiger partial charge in [0.2, 0.25) is 10.0 Å². The number of sulfonamides is 1. The summed E-state index contributed by atoms with van der Waals surface area (Å²) in [7, 11) is -3.95. The second-order valence-electron chi connectivity index (χ2n) is 5.47. The molecule has 0 saturated carbocycles. The Morgan fingerprint density at radius 2 is 2.04 bits per heavy atom. The molecule has 0 amide bonds.